The Hall–Kier alpha value is 0.137. The molecule has 0 fully saturated rings. The molecule has 0 N–H and O–H groups in total. The SMILES string of the molecule is CCCOCO[SiH3]. The first-order chi connectivity index (χ1) is 3.41. The summed E-state index contributed by atoms with van der Waals surface area (Å²) in [6.45, 7) is 3.38. The van der Waals surface area contributed by atoms with Crippen molar-refractivity contribution in [2.75, 3.05) is 13.4 Å². The molecule has 0 rings (SSSR count). The zero-order valence-electron chi connectivity index (χ0n) is 4.94. The summed E-state index contributed by atoms with van der Waals surface area (Å²) in [5.41, 5.74) is 0. The van der Waals surface area contributed by atoms with E-state index in [9.17, 15) is 0 Å². The van der Waals surface area contributed by atoms with Gasteiger partial charge in [-0.05, 0) is 6.42 Å². The molecule has 0 spiro atoms. The van der Waals surface area contributed by atoms with Crippen molar-refractivity contribution in [3.8, 4) is 0 Å². The largest absolute Gasteiger partial charge is 0.406 e. The zero-order chi connectivity index (χ0) is 5.54. The van der Waals surface area contributed by atoms with E-state index in [1.54, 1.807) is 0 Å². The predicted molar refractivity (Wildman–Crippen MR) is 32.1 cm³/mol. The van der Waals surface area contributed by atoms with Crippen molar-refractivity contribution in [1.82, 2.24) is 0 Å². The fourth-order valence-corrected chi connectivity index (χ4v) is 0.453. The van der Waals surface area contributed by atoms with Crippen molar-refractivity contribution in [2.45, 2.75) is 13.3 Å². The summed E-state index contributed by atoms with van der Waals surface area (Å²) in [5.74, 6) is 0. The van der Waals surface area contributed by atoms with Gasteiger partial charge in [-0.2, -0.15) is 0 Å². The Kier molecular flexibility index (Phi) is 6.26. The average Bonchev–Trinajstić information content (AvgIpc) is 1.69. The van der Waals surface area contributed by atoms with E-state index in [0.29, 0.717) is 6.79 Å². The Labute approximate surface area is 47.4 Å². The highest BCUT2D eigenvalue weighted by molar-refractivity contribution is 5.97. The quantitative estimate of drug-likeness (QED) is 0.287. The second kappa shape index (κ2) is 6.14. The lowest BCUT2D eigenvalue weighted by Gasteiger charge is -1.97. The predicted octanol–water partition coefficient (Wildman–Crippen LogP) is -0.333. The highest BCUT2D eigenvalue weighted by Crippen LogP contribution is 1.77. The summed E-state index contributed by atoms with van der Waals surface area (Å²) in [4.78, 5) is 0. The van der Waals surface area contributed by atoms with Gasteiger partial charge in [0.2, 0.25) is 0 Å². The van der Waals surface area contributed by atoms with Crippen molar-refractivity contribution in [3.63, 3.8) is 0 Å². The lowest BCUT2D eigenvalue weighted by atomic mass is 10.5. The van der Waals surface area contributed by atoms with Gasteiger partial charge in [-0.3, -0.25) is 0 Å². The zero-order valence-corrected chi connectivity index (χ0v) is 6.94. The molecule has 2 nitrogen and oxygen atoms in total. The molecule has 3 heteroatoms. The van der Waals surface area contributed by atoms with Gasteiger partial charge in [-0.15, -0.1) is 0 Å². The molecule has 0 bridgehead atoms. The summed E-state index contributed by atoms with van der Waals surface area (Å²) in [6, 6.07) is 0. The molecule has 0 saturated carbocycles. The molecule has 0 aromatic carbocycles. The molecule has 0 amide bonds. The van der Waals surface area contributed by atoms with Gasteiger partial charge in [-0.25, -0.2) is 0 Å². The van der Waals surface area contributed by atoms with Gasteiger partial charge in [0.1, 0.15) is 17.3 Å². The third-order valence-corrected chi connectivity index (χ3v) is 0.785. The molecule has 0 aliphatic carbocycles. The Bertz CT molecular complexity index is 28.9. The normalized spacial score (nSPS) is 9.86. The monoisotopic (exact) mass is 120 g/mol. The minimum Gasteiger partial charge on any atom is -0.406 e. The van der Waals surface area contributed by atoms with Crippen LogP contribution in [0.15, 0.2) is 0 Å². The van der Waals surface area contributed by atoms with Gasteiger partial charge >= 0.3 is 0 Å². The van der Waals surface area contributed by atoms with Crippen LogP contribution in [0.2, 0.25) is 0 Å². The fraction of sp³-hybridized carbons (Fsp3) is 1.00. The Morgan fingerprint density at radius 2 is 2.29 bits per heavy atom. The maximum absolute atomic E-state index is 4.94. The van der Waals surface area contributed by atoms with Crippen LogP contribution < -0.4 is 0 Å². The van der Waals surface area contributed by atoms with Gasteiger partial charge in [0.25, 0.3) is 0 Å². The van der Waals surface area contributed by atoms with Gasteiger partial charge in [0, 0.05) is 6.61 Å². The molecule has 0 aliphatic heterocycles. The van der Waals surface area contributed by atoms with Crippen molar-refractivity contribution < 1.29 is 9.16 Å². The van der Waals surface area contributed by atoms with Crippen molar-refractivity contribution >= 4 is 10.5 Å². The van der Waals surface area contributed by atoms with E-state index in [0.717, 1.165) is 23.5 Å². The molecule has 44 valence electrons. The van der Waals surface area contributed by atoms with E-state index in [-0.39, 0.29) is 0 Å². The Morgan fingerprint density at radius 3 is 2.71 bits per heavy atom. The van der Waals surface area contributed by atoms with Crippen LogP contribution in [-0.4, -0.2) is 23.9 Å². The smallest absolute Gasteiger partial charge is 0.149 e. The van der Waals surface area contributed by atoms with Gasteiger partial charge in [-0.1, -0.05) is 6.92 Å². The van der Waals surface area contributed by atoms with Crippen LogP contribution in [0.5, 0.6) is 0 Å². The van der Waals surface area contributed by atoms with Crippen molar-refractivity contribution in [1.29, 1.82) is 0 Å². The summed E-state index contributed by atoms with van der Waals surface area (Å²) in [7, 11) is 0.781. The molecule has 0 aromatic heterocycles. The highest BCUT2D eigenvalue weighted by Gasteiger charge is 1.77. The molecule has 0 saturated heterocycles. The lowest BCUT2D eigenvalue weighted by molar-refractivity contribution is 0.0208. The Morgan fingerprint density at radius 1 is 1.57 bits per heavy atom. The van der Waals surface area contributed by atoms with Gasteiger partial charge < -0.3 is 9.16 Å². The maximum Gasteiger partial charge on any atom is 0.149 e. The van der Waals surface area contributed by atoms with Crippen LogP contribution >= 0.6 is 0 Å². The molecule has 0 aliphatic rings. The molecular weight excluding hydrogens is 108 g/mol. The Balaban J connectivity index is 2.45. The van der Waals surface area contributed by atoms with Crippen LogP contribution in [0.3, 0.4) is 0 Å². The number of hydrogen-bond donors (Lipinski definition) is 0. The van der Waals surface area contributed by atoms with Gasteiger partial charge in [0.15, 0.2) is 0 Å². The van der Waals surface area contributed by atoms with Crippen LogP contribution in [0.1, 0.15) is 13.3 Å². The van der Waals surface area contributed by atoms with Crippen molar-refractivity contribution in [2.24, 2.45) is 0 Å². The van der Waals surface area contributed by atoms with Crippen LogP contribution in [0.4, 0.5) is 0 Å². The summed E-state index contributed by atoms with van der Waals surface area (Å²) < 4.78 is 9.70. The molecule has 0 aromatic rings. The topological polar surface area (TPSA) is 18.5 Å². The molecule has 0 unspecified atom stereocenters. The first-order valence-electron chi connectivity index (χ1n) is 2.48. The second-order valence-electron chi connectivity index (χ2n) is 1.31. The first kappa shape index (κ1) is 7.14. The molecule has 0 atom stereocenters. The molecule has 0 radical (unpaired) electrons. The minimum atomic E-state index is 0.486. The second-order valence-corrected chi connectivity index (χ2v) is 1.89. The van der Waals surface area contributed by atoms with E-state index in [2.05, 4.69) is 6.92 Å². The van der Waals surface area contributed by atoms with Crippen LogP contribution in [-0.2, 0) is 9.16 Å². The van der Waals surface area contributed by atoms with E-state index in [1.165, 1.54) is 0 Å². The highest BCUT2D eigenvalue weighted by atomic mass is 28.2. The molecule has 7 heavy (non-hydrogen) atoms. The van der Waals surface area contributed by atoms with Gasteiger partial charge in [0.05, 0.1) is 0 Å². The van der Waals surface area contributed by atoms with E-state index in [1.807, 2.05) is 0 Å². The number of rotatable bonds is 4. The summed E-state index contributed by atoms with van der Waals surface area (Å²) in [5, 5.41) is 0. The van der Waals surface area contributed by atoms with Crippen molar-refractivity contribution in [3.05, 3.63) is 0 Å². The first-order valence-corrected chi connectivity index (χ1v) is 3.30. The van der Waals surface area contributed by atoms with Crippen LogP contribution in [0.25, 0.3) is 0 Å². The standard InChI is InChI=1S/C4H12O2Si/c1-2-3-5-4-6-7/h2-4H2,1,7H3. The third kappa shape index (κ3) is 6.14. The van der Waals surface area contributed by atoms with E-state index < -0.39 is 0 Å². The third-order valence-electron chi connectivity index (χ3n) is 0.550. The molecular formula is C4H12O2Si. The van der Waals surface area contributed by atoms with E-state index >= 15 is 0 Å². The summed E-state index contributed by atoms with van der Waals surface area (Å²) >= 11 is 0. The van der Waals surface area contributed by atoms with Crippen LogP contribution in [0, 0.1) is 0 Å². The summed E-state index contributed by atoms with van der Waals surface area (Å²) in [6.07, 6.45) is 1.07. The maximum atomic E-state index is 4.94. The average molecular weight is 120 g/mol. The number of ether oxygens (including phenoxy) is 1. The lowest BCUT2D eigenvalue weighted by Crippen LogP contribution is -1.96. The minimum absolute atomic E-state index is 0.486. The van der Waals surface area contributed by atoms with E-state index in [4.69, 9.17) is 9.16 Å². The molecule has 0 heterocycles. The fourth-order valence-electron chi connectivity index (χ4n) is 0.287. The number of hydrogen-bond acceptors (Lipinski definition) is 2.